The van der Waals surface area contributed by atoms with Crippen LogP contribution in [0.15, 0.2) is 48.5 Å². The molecule has 0 aliphatic heterocycles. The van der Waals surface area contributed by atoms with Crippen molar-refractivity contribution in [1.29, 1.82) is 0 Å². The van der Waals surface area contributed by atoms with E-state index in [4.69, 9.17) is 0 Å². The molecule has 0 fully saturated rings. The zero-order valence-corrected chi connectivity index (χ0v) is 11.7. The van der Waals surface area contributed by atoms with Gasteiger partial charge < -0.3 is 9.59 Å². The summed E-state index contributed by atoms with van der Waals surface area (Å²) in [7, 11) is 0. The first-order chi connectivity index (χ1) is 9.65. The molecule has 0 heterocycles. The Morgan fingerprint density at radius 3 is 1.20 bits per heavy atom. The van der Waals surface area contributed by atoms with Crippen LogP contribution in [0.25, 0.3) is 0 Å². The van der Waals surface area contributed by atoms with Crippen LogP contribution < -0.4 is 0 Å². The Hall–Kier alpha value is -2.22. The van der Waals surface area contributed by atoms with Crippen molar-refractivity contribution in [2.45, 2.75) is 25.7 Å². The summed E-state index contributed by atoms with van der Waals surface area (Å²) < 4.78 is 0. The number of rotatable bonds is 5. The lowest BCUT2D eigenvalue weighted by atomic mass is 9.83. The number of benzene rings is 2. The lowest BCUT2D eigenvalue weighted by Gasteiger charge is -2.19. The Bertz CT molecular complexity index is 526. The Balaban J connectivity index is 2.37. The minimum absolute atomic E-state index is 0.434. The van der Waals surface area contributed by atoms with Gasteiger partial charge in [0.25, 0.3) is 0 Å². The van der Waals surface area contributed by atoms with E-state index in [-0.39, 0.29) is 0 Å². The van der Waals surface area contributed by atoms with E-state index in [9.17, 15) is 9.59 Å². The first-order valence-corrected chi connectivity index (χ1v) is 6.69. The van der Waals surface area contributed by atoms with E-state index >= 15 is 0 Å². The van der Waals surface area contributed by atoms with Gasteiger partial charge in [0.15, 0.2) is 0 Å². The molecule has 0 aliphatic rings. The quantitative estimate of drug-likeness (QED) is 0.775. The fourth-order valence-electron chi connectivity index (χ4n) is 2.32. The third-order valence-electron chi connectivity index (χ3n) is 3.60. The highest BCUT2D eigenvalue weighted by atomic mass is 16.1. The van der Waals surface area contributed by atoms with Crippen LogP contribution in [0.4, 0.5) is 0 Å². The van der Waals surface area contributed by atoms with Crippen molar-refractivity contribution >= 4 is 12.6 Å². The average Bonchev–Trinajstić information content (AvgIpc) is 2.47. The molecule has 0 spiro atoms. The first kappa shape index (κ1) is 14.2. The van der Waals surface area contributed by atoms with Gasteiger partial charge in [-0.15, -0.1) is 0 Å². The predicted molar refractivity (Wildman–Crippen MR) is 80.0 cm³/mol. The average molecular weight is 266 g/mol. The van der Waals surface area contributed by atoms with Gasteiger partial charge >= 0.3 is 0 Å². The molecule has 2 unspecified atom stereocenters. The summed E-state index contributed by atoms with van der Waals surface area (Å²) in [5, 5.41) is 0. The second kappa shape index (κ2) is 6.29. The minimum atomic E-state index is -0.434. The lowest BCUT2D eigenvalue weighted by molar-refractivity contribution is -0.114. The molecule has 2 rings (SSSR count). The summed E-state index contributed by atoms with van der Waals surface area (Å²) in [6.07, 6.45) is 1.73. The Labute approximate surface area is 119 Å². The van der Waals surface area contributed by atoms with Gasteiger partial charge in [-0.3, -0.25) is 0 Å². The van der Waals surface area contributed by atoms with Gasteiger partial charge in [0.05, 0.1) is 11.8 Å². The largest absolute Gasteiger partial charge is 0.303 e. The molecular weight excluding hydrogens is 248 g/mol. The van der Waals surface area contributed by atoms with Crippen molar-refractivity contribution < 1.29 is 9.59 Å². The van der Waals surface area contributed by atoms with E-state index in [1.165, 1.54) is 0 Å². The van der Waals surface area contributed by atoms with E-state index in [1.54, 1.807) is 0 Å². The molecule has 0 N–H and O–H groups in total. The molecule has 2 atom stereocenters. The number of carbonyl (C=O) groups excluding carboxylic acids is 2. The molecule has 0 radical (unpaired) electrons. The summed E-state index contributed by atoms with van der Waals surface area (Å²) in [4.78, 5) is 22.9. The Kier molecular flexibility index (Phi) is 4.46. The van der Waals surface area contributed by atoms with E-state index < -0.39 is 11.8 Å². The van der Waals surface area contributed by atoms with Gasteiger partial charge in [-0.05, 0) is 25.0 Å². The maximum absolute atomic E-state index is 11.5. The standard InChI is InChI=1S/C18H18O2/c1-13-3-7-15(8-4-13)17(11-19)18(12-20)16-9-5-14(2)6-10-16/h3-12,17-18H,1-2H3. The maximum atomic E-state index is 11.5. The molecule has 0 saturated carbocycles. The molecule has 2 aromatic rings. The summed E-state index contributed by atoms with van der Waals surface area (Å²) in [6, 6.07) is 15.5. The fraction of sp³-hybridized carbons (Fsp3) is 0.222. The van der Waals surface area contributed by atoms with Gasteiger partial charge in [-0.2, -0.15) is 0 Å². The summed E-state index contributed by atoms with van der Waals surface area (Å²) in [5.41, 5.74) is 4.03. The van der Waals surface area contributed by atoms with Gasteiger partial charge in [0, 0.05) is 0 Å². The van der Waals surface area contributed by atoms with Crippen LogP contribution in [0.3, 0.4) is 0 Å². The number of hydrogen-bond donors (Lipinski definition) is 0. The van der Waals surface area contributed by atoms with Crippen LogP contribution in [0.1, 0.15) is 34.1 Å². The van der Waals surface area contributed by atoms with Crippen molar-refractivity contribution in [3.05, 3.63) is 70.8 Å². The zero-order valence-electron chi connectivity index (χ0n) is 11.7. The molecule has 0 amide bonds. The van der Waals surface area contributed by atoms with Crippen LogP contribution in [0.2, 0.25) is 0 Å². The molecule has 2 heteroatoms. The van der Waals surface area contributed by atoms with Crippen molar-refractivity contribution in [3.63, 3.8) is 0 Å². The molecule has 0 bridgehead atoms. The molecule has 0 aromatic heterocycles. The maximum Gasteiger partial charge on any atom is 0.128 e. The topological polar surface area (TPSA) is 34.1 Å². The summed E-state index contributed by atoms with van der Waals surface area (Å²) in [5.74, 6) is -0.869. The zero-order chi connectivity index (χ0) is 14.5. The molecule has 0 aliphatic carbocycles. The molecule has 102 valence electrons. The van der Waals surface area contributed by atoms with E-state index in [2.05, 4.69) is 0 Å². The number of carbonyl (C=O) groups is 2. The summed E-state index contributed by atoms with van der Waals surface area (Å²) >= 11 is 0. The van der Waals surface area contributed by atoms with E-state index in [1.807, 2.05) is 62.4 Å². The third-order valence-corrected chi connectivity index (χ3v) is 3.60. The second-order valence-electron chi connectivity index (χ2n) is 5.15. The van der Waals surface area contributed by atoms with Crippen LogP contribution >= 0.6 is 0 Å². The number of hydrogen-bond acceptors (Lipinski definition) is 2. The SMILES string of the molecule is Cc1ccc(C(C=O)C(C=O)c2ccc(C)cc2)cc1. The van der Waals surface area contributed by atoms with Crippen LogP contribution in [0, 0.1) is 13.8 Å². The molecule has 0 saturated heterocycles. The van der Waals surface area contributed by atoms with Gasteiger partial charge in [-0.25, -0.2) is 0 Å². The smallest absolute Gasteiger partial charge is 0.128 e. The predicted octanol–water partition coefficient (Wildman–Crippen LogP) is 3.57. The second-order valence-corrected chi connectivity index (χ2v) is 5.15. The van der Waals surface area contributed by atoms with Crippen molar-refractivity contribution in [3.8, 4) is 0 Å². The first-order valence-electron chi connectivity index (χ1n) is 6.69. The van der Waals surface area contributed by atoms with Gasteiger partial charge in [0.2, 0.25) is 0 Å². The highest BCUT2D eigenvalue weighted by Crippen LogP contribution is 2.30. The Morgan fingerprint density at radius 1 is 0.650 bits per heavy atom. The lowest BCUT2D eigenvalue weighted by Crippen LogP contribution is -2.14. The molecule has 2 aromatic carbocycles. The summed E-state index contributed by atoms with van der Waals surface area (Å²) in [6.45, 7) is 3.99. The number of aldehydes is 2. The Morgan fingerprint density at radius 2 is 0.950 bits per heavy atom. The normalized spacial score (nSPS) is 13.5. The van der Waals surface area contributed by atoms with Crippen LogP contribution in [-0.4, -0.2) is 12.6 Å². The highest BCUT2D eigenvalue weighted by Gasteiger charge is 2.23. The number of aryl methyl sites for hydroxylation is 2. The molecular formula is C18H18O2. The van der Waals surface area contributed by atoms with Crippen molar-refractivity contribution in [2.75, 3.05) is 0 Å². The van der Waals surface area contributed by atoms with Gasteiger partial charge in [-0.1, -0.05) is 59.7 Å². The van der Waals surface area contributed by atoms with Gasteiger partial charge in [0.1, 0.15) is 12.6 Å². The molecule has 2 nitrogen and oxygen atoms in total. The fourth-order valence-corrected chi connectivity index (χ4v) is 2.32. The van der Waals surface area contributed by atoms with Crippen molar-refractivity contribution in [1.82, 2.24) is 0 Å². The van der Waals surface area contributed by atoms with Crippen LogP contribution in [0.5, 0.6) is 0 Å². The van der Waals surface area contributed by atoms with Crippen molar-refractivity contribution in [2.24, 2.45) is 0 Å². The minimum Gasteiger partial charge on any atom is -0.303 e. The van der Waals surface area contributed by atoms with E-state index in [0.29, 0.717) is 0 Å². The highest BCUT2D eigenvalue weighted by molar-refractivity contribution is 5.75. The van der Waals surface area contributed by atoms with Crippen LogP contribution in [-0.2, 0) is 9.59 Å². The van der Waals surface area contributed by atoms with E-state index in [0.717, 1.165) is 34.8 Å². The molecule has 20 heavy (non-hydrogen) atoms. The third kappa shape index (κ3) is 3.02. The monoisotopic (exact) mass is 266 g/mol.